The lowest BCUT2D eigenvalue weighted by atomic mass is 10.0. The van der Waals surface area contributed by atoms with Crippen LogP contribution in [0.15, 0.2) is 49.2 Å². The molecule has 0 N–H and O–H groups in total. The number of fused-ring (bicyclic) bond motifs is 1. The summed E-state index contributed by atoms with van der Waals surface area (Å²) >= 11 is 0. The molecule has 2 heterocycles. The molecule has 2 aromatic rings. The minimum absolute atomic E-state index is 1.02. The maximum absolute atomic E-state index is 4.53. The van der Waals surface area contributed by atoms with Gasteiger partial charge in [-0.05, 0) is 42.2 Å². The van der Waals surface area contributed by atoms with Gasteiger partial charge in [0.25, 0.3) is 0 Å². The van der Waals surface area contributed by atoms with E-state index >= 15 is 0 Å². The van der Waals surface area contributed by atoms with E-state index in [2.05, 4.69) is 52.9 Å². The number of rotatable bonds is 2. The highest BCUT2D eigenvalue weighted by molar-refractivity contribution is 5.65. The van der Waals surface area contributed by atoms with Gasteiger partial charge >= 0.3 is 0 Å². The molecule has 0 bridgehead atoms. The fraction of sp³-hybridized carbons (Fsp3) is 0.188. The maximum Gasteiger partial charge on any atom is 0.132 e. The van der Waals surface area contributed by atoms with Gasteiger partial charge in [0.05, 0.1) is 0 Å². The fourth-order valence-electron chi connectivity index (χ4n) is 2.45. The van der Waals surface area contributed by atoms with Gasteiger partial charge in [0.2, 0.25) is 0 Å². The number of hydrogen-bond acceptors (Lipinski definition) is 2. The smallest absolute Gasteiger partial charge is 0.132 e. The highest BCUT2D eigenvalue weighted by atomic mass is 15.2. The number of nitrogens with zero attached hydrogens (tertiary/aromatic N) is 2. The fourth-order valence-corrected chi connectivity index (χ4v) is 2.45. The zero-order valence-electron chi connectivity index (χ0n) is 10.3. The van der Waals surface area contributed by atoms with Gasteiger partial charge < -0.3 is 4.90 Å². The number of pyridine rings is 1. The third-order valence-corrected chi connectivity index (χ3v) is 3.39. The van der Waals surface area contributed by atoms with E-state index in [0.717, 1.165) is 24.3 Å². The summed E-state index contributed by atoms with van der Waals surface area (Å²) in [5, 5.41) is 0. The van der Waals surface area contributed by atoms with Crippen LogP contribution in [0.2, 0.25) is 0 Å². The standard InChI is InChI=1S/C16H16N2/c1-2-13-9-10-16(17-12-13)18-11-5-7-14-6-3-4-8-15(14)18/h2-4,6,8-10,12H,1,5,7,11H2. The molecule has 1 aliphatic heterocycles. The van der Waals surface area contributed by atoms with Gasteiger partial charge in [-0.3, -0.25) is 0 Å². The van der Waals surface area contributed by atoms with Crippen LogP contribution in [0.1, 0.15) is 17.5 Å². The molecule has 0 fully saturated rings. The van der Waals surface area contributed by atoms with Crippen LogP contribution < -0.4 is 4.90 Å². The van der Waals surface area contributed by atoms with Gasteiger partial charge in [0.1, 0.15) is 5.82 Å². The lowest BCUT2D eigenvalue weighted by Gasteiger charge is -2.30. The largest absolute Gasteiger partial charge is 0.326 e. The van der Waals surface area contributed by atoms with Gasteiger partial charge in [0.15, 0.2) is 0 Å². The van der Waals surface area contributed by atoms with Crippen LogP contribution in [0, 0.1) is 0 Å². The first-order valence-corrected chi connectivity index (χ1v) is 6.32. The molecule has 18 heavy (non-hydrogen) atoms. The van der Waals surface area contributed by atoms with E-state index in [0.29, 0.717) is 0 Å². The third-order valence-electron chi connectivity index (χ3n) is 3.39. The molecule has 1 aromatic heterocycles. The number of aryl methyl sites for hydroxylation is 1. The average Bonchev–Trinajstić information content (AvgIpc) is 2.47. The van der Waals surface area contributed by atoms with Crippen molar-refractivity contribution in [3.63, 3.8) is 0 Å². The van der Waals surface area contributed by atoms with Crippen molar-refractivity contribution in [3.05, 3.63) is 60.3 Å². The minimum Gasteiger partial charge on any atom is -0.326 e. The minimum atomic E-state index is 1.02. The Morgan fingerprint density at radius 3 is 2.83 bits per heavy atom. The van der Waals surface area contributed by atoms with Gasteiger partial charge in [-0.25, -0.2) is 4.98 Å². The second kappa shape index (κ2) is 4.65. The molecule has 1 aromatic carbocycles. The van der Waals surface area contributed by atoms with E-state index in [1.807, 2.05) is 12.3 Å². The molecular formula is C16H16N2. The van der Waals surface area contributed by atoms with E-state index in [1.54, 1.807) is 0 Å². The zero-order valence-corrected chi connectivity index (χ0v) is 10.3. The van der Waals surface area contributed by atoms with Crippen molar-refractivity contribution in [1.82, 2.24) is 4.98 Å². The molecule has 0 aliphatic carbocycles. The molecule has 0 radical (unpaired) electrons. The third kappa shape index (κ3) is 1.90. The van der Waals surface area contributed by atoms with Crippen LogP contribution in [0.3, 0.4) is 0 Å². The van der Waals surface area contributed by atoms with Gasteiger partial charge in [0, 0.05) is 18.4 Å². The normalized spacial score (nSPS) is 14.1. The first-order valence-electron chi connectivity index (χ1n) is 6.32. The quantitative estimate of drug-likeness (QED) is 0.788. The van der Waals surface area contributed by atoms with E-state index < -0.39 is 0 Å². The van der Waals surface area contributed by atoms with E-state index in [-0.39, 0.29) is 0 Å². The first kappa shape index (κ1) is 11.0. The van der Waals surface area contributed by atoms with Crippen molar-refractivity contribution >= 4 is 17.6 Å². The topological polar surface area (TPSA) is 16.1 Å². The highest BCUT2D eigenvalue weighted by Crippen LogP contribution is 2.31. The van der Waals surface area contributed by atoms with Crippen LogP contribution in [-0.4, -0.2) is 11.5 Å². The summed E-state index contributed by atoms with van der Waals surface area (Å²) in [4.78, 5) is 6.82. The summed E-state index contributed by atoms with van der Waals surface area (Å²) in [6.45, 7) is 4.79. The Morgan fingerprint density at radius 1 is 1.17 bits per heavy atom. The summed E-state index contributed by atoms with van der Waals surface area (Å²) < 4.78 is 0. The van der Waals surface area contributed by atoms with Crippen LogP contribution >= 0.6 is 0 Å². The van der Waals surface area contributed by atoms with Crippen molar-refractivity contribution < 1.29 is 0 Å². The van der Waals surface area contributed by atoms with Crippen molar-refractivity contribution in [3.8, 4) is 0 Å². The maximum atomic E-state index is 4.53. The molecule has 3 rings (SSSR count). The van der Waals surface area contributed by atoms with Gasteiger partial charge in [-0.15, -0.1) is 0 Å². The van der Waals surface area contributed by atoms with Crippen LogP contribution in [-0.2, 0) is 6.42 Å². The van der Waals surface area contributed by atoms with Crippen molar-refractivity contribution in [2.24, 2.45) is 0 Å². The second-order valence-corrected chi connectivity index (χ2v) is 4.54. The Balaban J connectivity index is 1.99. The number of benzene rings is 1. The average molecular weight is 236 g/mol. The summed E-state index contributed by atoms with van der Waals surface area (Å²) in [5.74, 6) is 1.02. The number of para-hydroxylation sites is 1. The number of aromatic nitrogens is 1. The number of hydrogen-bond donors (Lipinski definition) is 0. The van der Waals surface area contributed by atoms with Crippen LogP contribution in [0.25, 0.3) is 6.08 Å². The van der Waals surface area contributed by atoms with Gasteiger partial charge in [-0.1, -0.05) is 30.9 Å². The zero-order chi connectivity index (χ0) is 12.4. The first-order chi connectivity index (χ1) is 8.88. The molecule has 90 valence electrons. The van der Waals surface area contributed by atoms with E-state index in [4.69, 9.17) is 0 Å². The molecule has 0 atom stereocenters. The van der Waals surface area contributed by atoms with Crippen LogP contribution in [0.4, 0.5) is 11.5 Å². The highest BCUT2D eigenvalue weighted by Gasteiger charge is 2.18. The van der Waals surface area contributed by atoms with Crippen molar-refractivity contribution in [2.45, 2.75) is 12.8 Å². The molecular weight excluding hydrogens is 220 g/mol. The second-order valence-electron chi connectivity index (χ2n) is 4.54. The van der Waals surface area contributed by atoms with E-state index in [1.165, 1.54) is 17.7 Å². The molecule has 0 spiro atoms. The Kier molecular flexibility index (Phi) is 2.85. The lowest BCUT2D eigenvalue weighted by Crippen LogP contribution is -2.25. The molecule has 0 saturated carbocycles. The van der Waals surface area contributed by atoms with Crippen molar-refractivity contribution in [1.29, 1.82) is 0 Å². The summed E-state index contributed by atoms with van der Waals surface area (Å²) in [6, 6.07) is 12.7. The Hall–Kier alpha value is -2.09. The SMILES string of the molecule is C=Cc1ccc(N2CCCc3ccccc32)nc1. The molecule has 0 unspecified atom stereocenters. The Bertz CT molecular complexity index is 558. The predicted octanol–water partition coefficient (Wildman–Crippen LogP) is 3.81. The molecule has 0 saturated heterocycles. The van der Waals surface area contributed by atoms with Crippen molar-refractivity contribution in [2.75, 3.05) is 11.4 Å². The van der Waals surface area contributed by atoms with Crippen LogP contribution in [0.5, 0.6) is 0 Å². The molecule has 2 nitrogen and oxygen atoms in total. The molecule has 0 amide bonds. The summed E-state index contributed by atoms with van der Waals surface area (Å²) in [7, 11) is 0. The van der Waals surface area contributed by atoms with E-state index in [9.17, 15) is 0 Å². The summed E-state index contributed by atoms with van der Waals surface area (Å²) in [5.41, 5.74) is 3.77. The Morgan fingerprint density at radius 2 is 2.06 bits per heavy atom. The molecule has 1 aliphatic rings. The predicted molar refractivity (Wildman–Crippen MR) is 76.1 cm³/mol. The lowest BCUT2D eigenvalue weighted by molar-refractivity contribution is 0.760. The van der Waals surface area contributed by atoms with Gasteiger partial charge in [-0.2, -0.15) is 0 Å². The Labute approximate surface area is 108 Å². The molecule has 2 heteroatoms. The summed E-state index contributed by atoms with van der Waals surface area (Å²) in [6.07, 6.45) is 6.04. The number of anilines is 2. The monoisotopic (exact) mass is 236 g/mol.